The van der Waals surface area contributed by atoms with Crippen LogP contribution in [0, 0.1) is 6.92 Å². The van der Waals surface area contributed by atoms with Crippen LogP contribution in [0.3, 0.4) is 0 Å². The van der Waals surface area contributed by atoms with Gasteiger partial charge in [-0.15, -0.1) is 0 Å². The van der Waals surface area contributed by atoms with Crippen molar-refractivity contribution in [2.45, 2.75) is 13.1 Å². The van der Waals surface area contributed by atoms with E-state index in [4.69, 9.17) is 0 Å². The van der Waals surface area contributed by atoms with Gasteiger partial charge in [0.1, 0.15) is 5.82 Å². The van der Waals surface area contributed by atoms with E-state index < -0.39 is 12.7 Å². The van der Waals surface area contributed by atoms with Gasteiger partial charge in [-0.05, 0) is 6.92 Å². The Hall–Kier alpha value is -1.42. The molecular weight excluding hydrogens is 307 g/mol. The van der Waals surface area contributed by atoms with Crippen molar-refractivity contribution in [2.75, 3.05) is 44.2 Å². The molecular formula is C11H16F3N5OS. The zero-order chi connectivity index (χ0) is 15.5. The lowest BCUT2D eigenvalue weighted by molar-refractivity contribution is -0.134. The van der Waals surface area contributed by atoms with Crippen molar-refractivity contribution < 1.29 is 18.0 Å². The first-order valence-corrected chi connectivity index (χ1v) is 7.23. The van der Waals surface area contributed by atoms with Crippen molar-refractivity contribution in [1.29, 1.82) is 0 Å². The number of nitrogens with one attached hydrogen (secondary N) is 1. The second-order valence-corrected chi connectivity index (χ2v) is 5.44. The maximum atomic E-state index is 12.0. The number of hydrogen-bond acceptors (Lipinski definition) is 6. The van der Waals surface area contributed by atoms with E-state index in [1.165, 1.54) is 11.5 Å². The number of amides is 1. The highest BCUT2D eigenvalue weighted by atomic mass is 32.1. The minimum absolute atomic E-state index is 0.294. The van der Waals surface area contributed by atoms with Crippen molar-refractivity contribution in [3.8, 4) is 0 Å². The van der Waals surface area contributed by atoms with Gasteiger partial charge in [0.15, 0.2) is 0 Å². The van der Waals surface area contributed by atoms with Gasteiger partial charge in [0.05, 0.1) is 13.1 Å². The van der Waals surface area contributed by atoms with Crippen LogP contribution in [0.25, 0.3) is 0 Å². The van der Waals surface area contributed by atoms with E-state index in [1.807, 2.05) is 11.8 Å². The summed E-state index contributed by atoms with van der Waals surface area (Å²) in [5.74, 6) is 0.400. The number of aryl methyl sites for hydroxylation is 1. The molecule has 2 heterocycles. The summed E-state index contributed by atoms with van der Waals surface area (Å²) in [7, 11) is 0. The van der Waals surface area contributed by atoms with Crippen LogP contribution in [0.5, 0.6) is 0 Å². The molecule has 6 nitrogen and oxygen atoms in total. The number of halogens is 3. The summed E-state index contributed by atoms with van der Waals surface area (Å²) in [6.07, 6.45) is -4.30. The number of alkyl halides is 3. The SMILES string of the molecule is Cc1nsc(N2CCN(C(=O)CNCC(F)(F)F)CC2)n1. The average Bonchev–Trinajstić information content (AvgIpc) is 2.84. The van der Waals surface area contributed by atoms with Crippen LogP contribution in [0.1, 0.15) is 5.82 Å². The number of hydrogen-bond donors (Lipinski definition) is 1. The predicted molar refractivity (Wildman–Crippen MR) is 72.4 cm³/mol. The minimum atomic E-state index is -4.30. The summed E-state index contributed by atoms with van der Waals surface area (Å²) in [6, 6.07) is 0. The summed E-state index contributed by atoms with van der Waals surface area (Å²) < 4.78 is 40.1. The molecule has 118 valence electrons. The van der Waals surface area contributed by atoms with E-state index in [0.717, 1.165) is 5.13 Å². The molecule has 2 rings (SSSR count). The Morgan fingerprint density at radius 2 is 2.00 bits per heavy atom. The first kappa shape index (κ1) is 16.0. The Labute approximate surface area is 124 Å². The van der Waals surface area contributed by atoms with Gasteiger partial charge in [-0.2, -0.15) is 17.5 Å². The molecule has 21 heavy (non-hydrogen) atoms. The lowest BCUT2D eigenvalue weighted by Crippen LogP contribution is -2.51. The van der Waals surface area contributed by atoms with Crippen LogP contribution in [-0.2, 0) is 4.79 Å². The van der Waals surface area contributed by atoms with E-state index >= 15 is 0 Å². The van der Waals surface area contributed by atoms with Crippen molar-refractivity contribution in [2.24, 2.45) is 0 Å². The molecule has 0 aliphatic carbocycles. The summed E-state index contributed by atoms with van der Waals surface area (Å²) >= 11 is 1.31. The number of aromatic nitrogens is 2. The Bertz CT molecular complexity index is 484. The van der Waals surface area contributed by atoms with Crippen LogP contribution in [0.15, 0.2) is 0 Å². The van der Waals surface area contributed by atoms with E-state index in [-0.39, 0.29) is 12.5 Å². The highest BCUT2D eigenvalue weighted by molar-refractivity contribution is 7.09. The normalized spacial score (nSPS) is 16.4. The molecule has 10 heteroatoms. The first-order valence-electron chi connectivity index (χ1n) is 6.45. The summed E-state index contributed by atoms with van der Waals surface area (Å²) in [6.45, 7) is 2.54. The van der Waals surface area contributed by atoms with Gasteiger partial charge in [0.2, 0.25) is 11.0 Å². The number of carbonyl (C=O) groups is 1. The average molecular weight is 323 g/mol. The van der Waals surface area contributed by atoms with Crippen LogP contribution in [0.4, 0.5) is 18.3 Å². The molecule has 0 saturated carbocycles. The van der Waals surface area contributed by atoms with E-state index in [2.05, 4.69) is 14.7 Å². The van der Waals surface area contributed by atoms with E-state index in [9.17, 15) is 18.0 Å². The summed E-state index contributed by atoms with van der Waals surface area (Å²) in [4.78, 5) is 19.6. The van der Waals surface area contributed by atoms with Crippen LogP contribution in [0.2, 0.25) is 0 Å². The fraction of sp³-hybridized carbons (Fsp3) is 0.727. The van der Waals surface area contributed by atoms with Gasteiger partial charge in [-0.1, -0.05) is 0 Å². The van der Waals surface area contributed by atoms with Gasteiger partial charge in [-0.25, -0.2) is 4.98 Å². The Balaban J connectivity index is 1.74. The largest absolute Gasteiger partial charge is 0.401 e. The molecule has 0 aromatic carbocycles. The second-order valence-electron chi connectivity index (χ2n) is 4.71. The van der Waals surface area contributed by atoms with Gasteiger partial charge in [0.25, 0.3) is 0 Å². The van der Waals surface area contributed by atoms with Gasteiger partial charge in [0, 0.05) is 37.7 Å². The Morgan fingerprint density at radius 3 is 2.52 bits per heavy atom. The van der Waals surface area contributed by atoms with Crippen molar-refractivity contribution in [3.05, 3.63) is 5.82 Å². The molecule has 1 aliphatic rings. The van der Waals surface area contributed by atoms with Crippen molar-refractivity contribution >= 4 is 22.6 Å². The third kappa shape index (κ3) is 4.81. The number of piperazine rings is 1. The standard InChI is InChI=1S/C11H16F3N5OS/c1-8-16-10(21-17-8)19-4-2-18(3-5-19)9(20)6-15-7-11(12,13)14/h15H,2-7H2,1H3. The molecule has 1 aromatic heterocycles. The molecule has 0 bridgehead atoms. The van der Waals surface area contributed by atoms with Crippen molar-refractivity contribution in [3.63, 3.8) is 0 Å². The lowest BCUT2D eigenvalue weighted by atomic mass is 10.3. The highest BCUT2D eigenvalue weighted by Gasteiger charge is 2.28. The van der Waals surface area contributed by atoms with E-state index in [1.54, 1.807) is 4.90 Å². The minimum Gasteiger partial charge on any atom is -0.343 e. The lowest BCUT2D eigenvalue weighted by Gasteiger charge is -2.34. The molecule has 1 saturated heterocycles. The van der Waals surface area contributed by atoms with Crippen LogP contribution < -0.4 is 10.2 Å². The fourth-order valence-electron chi connectivity index (χ4n) is 1.98. The predicted octanol–water partition coefficient (Wildman–Crippen LogP) is 0.647. The second kappa shape index (κ2) is 6.56. The molecule has 0 spiro atoms. The quantitative estimate of drug-likeness (QED) is 0.881. The number of carbonyl (C=O) groups excluding carboxylic acids is 1. The number of nitrogens with zero attached hydrogens (tertiary/aromatic N) is 4. The molecule has 1 aliphatic heterocycles. The number of anilines is 1. The van der Waals surface area contributed by atoms with Gasteiger partial charge >= 0.3 is 6.18 Å². The van der Waals surface area contributed by atoms with Crippen LogP contribution in [-0.4, -0.2) is 65.6 Å². The zero-order valence-corrected chi connectivity index (χ0v) is 12.3. The maximum Gasteiger partial charge on any atom is 0.401 e. The molecule has 0 atom stereocenters. The van der Waals surface area contributed by atoms with Gasteiger partial charge in [-0.3, -0.25) is 4.79 Å². The molecule has 1 fully saturated rings. The smallest absolute Gasteiger partial charge is 0.343 e. The molecule has 0 unspecified atom stereocenters. The molecule has 1 amide bonds. The fourth-order valence-corrected chi connectivity index (χ4v) is 2.71. The summed E-state index contributed by atoms with van der Waals surface area (Å²) in [5.41, 5.74) is 0. The summed E-state index contributed by atoms with van der Waals surface area (Å²) in [5, 5.41) is 2.93. The van der Waals surface area contributed by atoms with Crippen molar-refractivity contribution in [1.82, 2.24) is 19.6 Å². The molecule has 0 radical (unpaired) electrons. The van der Waals surface area contributed by atoms with Gasteiger partial charge < -0.3 is 15.1 Å². The third-order valence-corrected chi connectivity index (χ3v) is 3.89. The maximum absolute atomic E-state index is 12.0. The Kier molecular flexibility index (Phi) is 4.99. The third-order valence-electron chi connectivity index (χ3n) is 3.02. The molecule has 1 N–H and O–H groups in total. The Morgan fingerprint density at radius 1 is 1.33 bits per heavy atom. The monoisotopic (exact) mass is 323 g/mol. The number of rotatable bonds is 4. The first-order chi connectivity index (χ1) is 9.85. The molecule has 1 aromatic rings. The van der Waals surface area contributed by atoms with E-state index in [0.29, 0.717) is 32.0 Å². The zero-order valence-electron chi connectivity index (χ0n) is 11.5. The topological polar surface area (TPSA) is 61.4 Å². The van der Waals surface area contributed by atoms with Crippen LogP contribution >= 0.6 is 11.5 Å². The highest BCUT2D eigenvalue weighted by Crippen LogP contribution is 2.18.